The van der Waals surface area contributed by atoms with Crippen LogP contribution in [-0.4, -0.2) is 73.2 Å². The monoisotopic (exact) mass is 445 g/mol. The van der Waals surface area contributed by atoms with Gasteiger partial charge >= 0.3 is 0 Å². The lowest BCUT2D eigenvalue weighted by molar-refractivity contribution is -0.122. The molecule has 1 amide bonds. The highest BCUT2D eigenvalue weighted by molar-refractivity contribution is 7.91. The molecule has 0 aliphatic carbocycles. The summed E-state index contributed by atoms with van der Waals surface area (Å²) in [4.78, 5) is 16.8. The fourth-order valence-corrected chi connectivity index (χ4v) is 6.31. The van der Waals surface area contributed by atoms with E-state index < -0.39 is 9.84 Å². The van der Waals surface area contributed by atoms with Gasteiger partial charge in [-0.3, -0.25) is 14.4 Å². The van der Waals surface area contributed by atoms with Gasteiger partial charge in [0.15, 0.2) is 9.84 Å². The lowest BCUT2D eigenvalue weighted by Crippen LogP contribution is -2.49. The molecule has 2 aliphatic heterocycles. The number of nitrogens with one attached hydrogen (secondary N) is 1. The van der Waals surface area contributed by atoms with Gasteiger partial charge in [-0.15, -0.1) is 0 Å². The molecule has 1 atom stereocenters. The van der Waals surface area contributed by atoms with Gasteiger partial charge < -0.3 is 10.2 Å². The zero-order valence-electron chi connectivity index (χ0n) is 18.2. The molecular weight excluding hydrogens is 414 g/mol. The quantitative estimate of drug-likeness (QED) is 0.721. The fraction of sp³-hybridized carbons (Fsp3) is 0.545. The second kappa shape index (κ2) is 9.00. The Hall–Kier alpha value is -2.39. The first kappa shape index (κ1) is 21.8. The molecule has 31 heavy (non-hydrogen) atoms. The van der Waals surface area contributed by atoms with Gasteiger partial charge in [0.05, 0.1) is 41.2 Å². The molecule has 2 saturated heterocycles. The highest BCUT2D eigenvalue weighted by Crippen LogP contribution is 2.31. The molecule has 168 valence electrons. The zero-order valence-corrected chi connectivity index (χ0v) is 19.1. The number of sulfone groups is 1. The number of rotatable bonds is 6. The van der Waals surface area contributed by atoms with Crippen LogP contribution in [0, 0.1) is 13.8 Å². The maximum absolute atomic E-state index is 12.3. The third kappa shape index (κ3) is 5.10. The van der Waals surface area contributed by atoms with E-state index in [1.54, 1.807) is 0 Å². The topological polar surface area (TPSA) is 87.5 Å². The van der Waals surface area contributed by atoms with Crippen LogP contribution in [0.1, 0.15) is 29.4 Å². The van der Waals surface area contributed by atoms with E-state index in [0.717, 1.165) is 48.8 Å². The van der Waals surface area contributed by atoms with Crippen LogP contribution in [0.5, 0.6) is 0 Å². The van der Waals surface area contributed by atoms with E-state index in [-0.39, 0.29) is 23.5 Å². The summed E-state index contributed by atoms with van der Waals surface area (Å²) >= 11 is 0. The highest BCUT2D eigenvalue weighted by Gasteiger charge is 2.32. The Bertz CT molecular complexity index is 1030. The Kier molecular flexibility index (Phi) is 6.34. The normalized spacial score (nSPS) is 21.4. The van der Waals surface area contributed by atoms with Crippen LogP contribution >= 0.6 is 0 Å². The number of hydrogen-bond acceptors (Lipinski definition) is 6. The molecule has 1 aromatic heterocycles. The summed E-state index contributed by atoms with van der Waals surface area (Å²) in [6, 6.07) is 9.85. The number of anilines is 1. The molecule has 0 saturated carbocycles. The Morgan fingerprint density at radius 3 is 2.48 bits per heavy atom. The van der Waals surface area contributed by atoms with E-state index in [0.29, 0.717) is 19.5 Å². The van der Waals surface area contributed by atoms with E-state index >= 15 is 0 Å². The largest absolute Gasteiger partial charge is 0.366 e. The van der Waals surface area contributed by atoms with Crippen molar-refractivity contribution in [3.63, 3.8) is 0 Å². The van der Waals surface area contributed by atoms with Crippen molar-refractivity contribution in [1.29, 1.82) is 0 Å². The third-order valence-corrected chi connectivity index (χ3v) is 7.98. The minimum absolute atomic E-state index is 0.0416. The second-order valence-electron chi connectivity index (χ2n) is 8.55. The highest BCUT2D eigenvalue weighted by atomic mass is 32.2. The van der Waals surface area contributed by atoms with Crippen molar-refractivity contribution >= 4 is 21.4 Å². The number of aryl methyl sites for hydroxylation is 1. The predicted molar refractivity (Wildman–Crippen MR) is 121 cm³/mol. The lowest BCUT2D eigenvalue weighted by Gasteiger charge is -2.36. The molecule has 2 aliphatic rings. The SMILES string of the molecule is Cc1nn([C@H]2CCS(=O)(=O)C2)c(C)c1N1CCN(CC(=O)NCc2ccccc2)CC1. The second-order valence-corrected chi connectivity index (χ2v) is 10.8. The van der Waals surface area contributed by atoms with E-state index in [2.05, 4.69) is 20.2 Å². The van der Waals surface area contributed by atoms with Crippen molar-refractivity contribution in [3.05, 3.63) is 47.3 Å². The molecule has 3 heterocycles. The smallest absolute Gasteiger partial charge is 0.234 e. The molecule has 1 aromatic carbocycles. The number of piperazine rings is 1. The first-order chi connectivity index (χ1) is 14.8. The average Bonchev–Trinajstić information content (AvgIpc) is 3.26. The van der Waals surface area contributed by atoms with Crippen LogP contribution in [0.15, 0.2) is 30.3 Å². The minimum Gasteiger partial charge on any atom is -0.366 e. The van der Waals surface area contributed by atoms with Crippen molar-refractivity contribution in [2.24, 2.45) is 0 Å². The molecule has 4 rings (SSSR count). The molecule has 0 unspecified atom stereocenters. The molecule has 9 heteroatoms. The van der Waals surface area contributed by atoms with Crippen LogP contribution in [0.25, 0.3) is 0 Å². The van der Waals surface area contributed by atoms with E-state index in [4.69, 9.17) is 0 Å². The van der Waals surface area contributed by atoms with Crippen molar-refractivity contribution in [2.45, 2.75) is 32.9 Å². The van der Waals surface area contributed by atoms with E-state index in [1.807, 2.05) is 48.9 Å². The summed E-state index contributed by atoms with van der Waals surface area (Å²) in [5.41, 5.74) is 4.18. The van der Waals surface area contributed by atoms with Gasteiger partial charge in [-0.1, -0.05) is 30.3 Å². The molecule has 0 spiro atoms. The minimum atomic E-state index is -2.95. The zero-order chi connectivity index (χ0) is 22.0. The van der Waals surface area contributed by atoms with Crippen molar-refractivity contribution in [3.8, 4) is 0 Å². The summed E-state index contributed by atoms with van der Waals surface area (Å²) in [5.74, 6) is 0.469. The maximum atomic E-state index is 12.3. The van der Waals surface area contributed by atoms with Crippen LogP contribution in [0.4, 0.5) is 5.69 Å². The number of aromatic nitrogens is 2. The molecule has 0 bridgehead atoms. The third-order valence-electron chi connectivity index (χ3n) is 6.23. The predicted octanol–water partition coefficient (Wildman–Crippen LogP) is 1.30. The number of amides is 1. The molecule has 2 aromatic rings. The van der Waals surface area contributed by atoms with Gasteiger partial charge in [0.25, 0.3) is 0 Å². The number of benzene rings is 1. The summed E-state index contributed by atoms with van der Waals surface area (Å²) in [5, 5.41) is 7.68. The van der Waals surface area contributed by atoms with Crippen molar-refractivity contribution in [1.82, 2.24) is 20.0 Å². The average molecular weight is 446 g/mol. The van der Waals surface area contributed by atoms with Crippen molar-refractivity contribution in [2.75, 3.05) is 49.1 Å². The molecule has 2 fully saturated rings. The van der Waals surface area contributed by atoms with Crippen molar-refractivity contribution < 1.29 is 13.2 Å². The lowest BCUT2D eigenvalue weighted by atomic mass is 10.2. The number of carbonyl (C=O) groups is 1. The standard InChI is InChI=1S/C22H31N5O3S/c1-17-22(18(2)27(24-17)20-8-13-31(29,30)16-20)26-11-9-25(10-12-26)15-21(28)23-14-19-6-4-3-5-7-19/h3-7,20H,8-16H2,1-2H3,(H,23,28)/t20-/m0/s1. The Balaban J connectivity index is 1.31. The summed E-state index contributed by atoms with van der Waals surface area (Å²) in [6.07, 6.45) is 0.635. The van der Waals surface area contributed by atoms with Gasteiger partial charge in [-0.25, -0.2) is 8.42 Å². The maximum Gasteiger partial charge on any atom is 0.234 e. The fourth-order valence-electron chi connectivity index (χ4n) is 4.62. The first-order valence-corrected chi connectivity index (χ1v) is 12.7. The van der Waals surface area contributed by atoms with Gasteiger partial charge in [0.2, 0.25) is 5.91 Å². The van der Waals surface area contributed by atoms with E-state index in [9.17, 15) is 13.2 Å². The number of carbonyl (C=O) groups excluding carboxylic acids is 1. The van der Waals surface area contributed by atoms with Crippen LogP contribution in [0.3, 0.4) is 0 Å². The number of hydrogen-bond donors (Lipinski definition) is 1. The summed E-state index contributed by atoms with van der Waals surface area (Å²) in [7, 11) is -2.95. The van der Waals surface area contributed by atoms with E-state index in [1.165, 1.54) is 0 Å². The summed E-state index contributed by atoms with van der Waals surface area (Å²) < 4.78 is 25.7. The van der Waals surface area contributed by atoms with Crippen LogP contribution in [0.2, 0.25) is 0 Å². The van der Waals surface area contributed by atoms with Gasteiger partial charge in [-0.05, 0) is 25.8 Å². The van der Waals surface area contributed by atoms with Crippen LogP contribution in [-0.2, 0) is 21.2 Å². The van der Waals surface area contributed by atoms with Crippen LogP contribution < -0.4 is 10.2 Å². The molecule has 0 radical (unpaired) electrons. The Labute approximate surface area is 184 Å². The van der Waals surface area contributed by atoms with Gasteiger partial charge in [-0.2, -0.15) is 5.10 Å². The molecule has 1 N–H and O–H groups in total. The first-order valence-electron chi connectivity index (χ1n) is 10.9. The Morgan fingerprint density at radius 1 is 1.13 bits per heavy atom. The molecule has 8 nitrogen and oxygen atoms in total. The molecular formula is C22H31N5O3S. The summed E-state index contributed by atoms with van der Waals surface area (Å²) in [6.45, 7) is 8.23. The van der Waals surface area contributed by atoms with Gasteiger partial charge in [0.1, 0.15) is 0 Å². The van der Waals surface area contributed by atoms with Gasteiger partial charge in [0, 0.05) is 32.7 Å². The number of nitrogens with zero attached hydrogens (tertiary/aromatic N) is 4. The Morgan fingerprint density at radius 2 is 1.84 bits per heavy atom.